The van der Waals surface area contributed by atoms with Gasteiger partial charge in [0.05, 0.1) is 0 Å². The van der Waals surface area contributed by atoms with E-state index < -0.39 is 0 Å². The van der Waals surface area contributed by atoms with Crippen LogP contribution in [0.3, 0.4) is 0 Å². The molecule has 0 amide bonds. The molecule has 0 spiro atoms. The number of pyridine rings is 1. The van der Waals surface area contributed by atoms with Gasteiger partial charge < -0.3 is 5.32 Å². The normalized spacial score (nSPS) is 9.23. The van der Waals surface area contributed by atoms with Gasteiger partial charge in [-0.2, -0.15) is 36.4 Å². The van der Waals surface area contributed by atoms with Crippen molar-refractivity contribution in [1.29, 1.82) is 0 Å². The van der Waals surface area contributed by atoms with E-state index in [-0.39, 0.29) is 48.5 Å². The molecule has 0 aliphatic carbocycles. The third-order valence-corrected chi connectivity index (χ3v) is 6.25. The quantitative estimate of drug-likeness (QED) is 0.159. The third-order valence-electron chi connectivity index (χ3n) is 6.25. The molecule has 0 N–H and O–H groups in total. The monoisotopic (exact) mass is 662 g/mol. The molecule has 0 saturated carbocycles. The van der Waals surface area contributed by atoms with Crippen molar-refractivity contribution in [1.82, 2.24) is 4.98 Å². The second-order valence-corrected chi connectivity index (χ2v) is 10.1. The van der Waals surface area contributed by atoms with Crippen molar-refractivity contribution in [3.05, 3.63) is 180 Å². The smallest absolute Gasteiger partial charge is 0.656 e. The van der Waals surface area contributed by atoms with Crippen LogP contribution in [-0.2, 0) is 32.6 Å². The fraction of sp³-hybridized carbons (Fsp3) is 0.244. The van der Waals surface area contributed by atoms with Crippen molar-refractivity contribution in [2.45, 2.75) is 68.2 Å². The van der Waals surface area contributed by atoms with Gasteiger partial charge in [-0.1, -0.05) is 146 Å². The minimum Gasteiger partial charge on any atom is -0.656 e. The maximum Gasteiger partial charge on any atom is 2.00 e. The van der Waals surface area contributed by atoms with Crippen molar-refractivity contribution in [3.8, 4) is 0 Å². The van der Waals surface area contributed by atoms with E-state index in [0.717, 1.165) is 17.8 Å². The van der Waals surface area contributed by atoms with E-state index in [1.165, 1.54) is 22.3 Å². The zero-order valence-corrected chi connectivity index (χ0v) is 27.1. The number of rotatable bonds is 7. The van der Waals surface area contributed by atoms with Crippen LogP contribution < -0.4 is 0 Å². The Bertz CT molecular complexity index is 1290. The van der Waals surface area contributed by atoms with Crippen molar-refractivity contribution in [2.24, 2.45) is 0 Å². The average molecular weight is 664 g/mol. The predicted molar refractivity (Wildman–Crippen MR) is 192 cm³/mol. The molecular formula is C41H52N2Zr. The maximum atomic E-state index is 4.81. The molecule has 0 radical (unpaired) electrons. The molecule has 0 atom stereocenters. The van der Waals surface area contributed by atoms with Gasteiger partial charge in [0.25, 0.3) is 0 Å². The first kappa shape index (κ1) is 42.6. The largest absolute Gasteiger partial charge is 2.00 e. The van der Waals surface area contributed by atoms with E-state index in [0.29, 0.717) is 17.5 Å². The number of hydrogen-bond donors (Lipinski definition) is 0. The standard InChI is InChI=1S/C19H23N2.C13H12.C6H5.3CH4.Zr/c1-13(2)16-9-8-10-17(14(3)4)19(16)21-15(5)18-11-6-7-12-20-18;1-3-7-12(8-4-1)11-13-9-5-2-6-10-13;1-2-4-6-5-3-1;;;;/h6-14H,5H2,1-4H3;1-10H,11H2;1-5H;3*1H4;/q-1;;-1;;;;+2. The van der Waals surface area contributed by atoms with E-state index in [1.54, 1.807) is 6.20 Å². The molecule has 5 aromatic rings. The summed E-state index contributed by atoms with van der Waals surface area (Å²) in [6.07, 6.45) is 2.80. The van der Waals surface area contributed by atoms with Crippen LogP contribution >= 0.6 is 0 Å². The molecule has 3 heteroatoms. The first-order valence-corrected chi connectivity index (χ1v) is 13.9. The molecule has 0 fully saturated rings. The van der Waals surface area contributed by atoms with Gasteiger partial charge in [-0.05, 0) is 41.5 Å². The van der Waals surface area contributed by atoms with Gasteiger partial charge in [0, 0.05) is 11.9 Å². The molecule has 44 heavy (non-hydrogen) atoms. The molecule has 0 aliphatic heterocycles. The molecule has 0 aliphatic rings. The second-order valence-electron chi connectivity index (χ2n) is 10.1. The zero-order valence-electron chi connectivity index (χ0n) is 24.7. The third kappa shape index (κ3) is 14.8. The summed E-state index contributed by atoms with van der Waals surface area (Å²) in [5.74, 6) is 0.859. The van der Waals surface area contributed by atoms with Gasteiger partial charge in [0.15, 0.2) is 0 Å². The van der Waals surface area contributed by atoms with E-state index in [4.69, 9.17) is 5.32 Å². The summed E-state index contributed by atoms with van der Waals surface area (Å²) in [7, 11) is 0. The minimum absolute atomic E-state index is 0. The molecule has 4 aromatic carbocycles. The van der Waals surface area contributed by atoms with Crippen molar-refractivity contribution < 1.29 is 26.2 Å². The number of para-hydroxylation sites is 1. The van der Waals surface area contributed by atoms with Crippen LogP contribution in [0.5, 0.6) is 0 Å². The van der Waals surface area contributed by atoms with Crippen LogP contribution in [0.25, 0.3) is 11.0 Å². The Balaban J connectivity index is 0. The first-order chi connectivity index (χ1) is 19.5. The summed E-state index contributed by atoms with van der Waals surface area (Å²) in [6, 6.07) is 45.8. The Morgan fingerprint density at radius 1 is 0.636 bits per heavy atom. The van der Waals surface area contributed by atoms with Crippen molar-refractivity contribution in [3.63, 3.8) is 0 Å². The molecule has 1 heterocycles. The molecule has 1 aromatic heterocycles. The zero-order chi connectivity index (χ0) is 28.6. The van der Waals surface area contributed by atoms with E-state index in [9.17, 15) is 0 Å². The van der Waals surface area contributed by atoms with Gasteiger partial charge in [0.2, 0.25) is 0 Å². The molecule has 230 valence electrons. The van der Waals surface area contributed by atoms with Crippen molar-refractivity contribution >= 4 is 11.4 Å². The molecule has 0 unspecified atom stereocenters. The number of nitrogens with zero attached hydrogens (tertiary/aromatic N) is 2. The van der Waals surface area contributed by atoms with Crippen LogP contribution in [0.2, 0.25) is 0 Å². The predicted octanol–water partition coefficient (Wildman–Crippen LogP) is 12.7. The molecule has 0 saturated heterocycles. The maximum absolute atomic E-state index is 4.81. The SMILES string of the molecule is C.C.C.C=C([N-]c1c(C(C)C)cccc1C(C)C)c1ccccn1.[Zr+2].[c-]1ccccc1.c1ccc(Cc2ccccc2)cc1. The fourth-order valence-corrected chi connectivity index (χ4v) is 4.14. The Labute approximate surface area is 288 Å². The molecule has 2 nitrogen and oxygen atoms in total. The van der Waals surface area contributed by atoms with Gasteiger partial charge >= 0.3 is 26.2 Å². The summed E-state index contributed by atoms with van der Waals surface area (Å²) >= 11 is 0. The van der Waals surface area contributed by atoms with E-state index >= 15 is 0 Å². The van der Waals surface area contributed by atoms with Crippen LogP contribution in [0.1, 0.15) is 89.8 Å². The van der Waals surface area contributed by atoms with Gasteiger partial charge in [-0.15, -0.1) is 18.0 Å². The Morgan fingerprint density at radius 3 is 1.45 bits per heavy atom. The summed E-state index contributed by atoms with van der Waals surface area (Å²) < 4.78 is 0. The number of benzene rings is 4. The van der Waals surface area contributed by atoms with Gasteiger partial charge in [0.1, 0.15) is 0 Å². The Kier molecular flexibility index (Phi) is 23.1. The minimum atomic E-state index is 0. The van der Waals surface area contributed by atoms with Crippen LogP contribution in [0.15, 0.2) is 140 Å². The Hall–Kier alpha value is -3.55. The fourth-order valence-electron chi connectivity index (χ4n) is 4.14. The molecule has 0 bridgehead atoms. The Morgan fingerprint density at radius 2 is 1.09 bits per heavy atom. The van der Waals surface area contributed by atoms with Crippen LogP contribution in [-0.4, -0.2) is 4.98 Å². The molecule has 5 rings (SSSR count). The summed E-state index contributed by atoms with van der Waals surface area (Å²) in [6.45, 7) is 12.9. The summed E-state index contributed by atoms with van der Waals surface area (Å²) in [5.41, 5.74) is 7.86. The number of hydrogen-bond acceptors (Lipinski definition) is 1. The van der Waals surface area contributed by atoms with E-state index in [2.05, 4.69) is 124 Å². The van der Waals surface area contributed by atoms with Crippen molar-refractivity contribution in [2.75, 3.05) is 0 Å². The van der Waals surface area contributed by atoms with E-state index in [1.807, 2.05) is 48.5 Å². The second kappa shape index (κ2) is 23.9. The summed E-state index contributed by atoms with van der Waals surface area (Å²) in [5, 5.41) is 4.81. The average Bonchev–Trinajstić information content (AvgIpc) is 3.00. The van der Waals surface area contributed by atoms with Crippen LogP contribution in [0.4, 0.5) is 5.69 Å². The van der Waals surface area contributed by atoms with Gasteiger partial charge in [-0.25, -0.2) is 0 Å². The topological polar surface area (TPSA) is 27.0 Å². The first-order valence-electron chi connectivity index (χ1n) is 13.9. The van der Waals surface area contributed by atoms with Crippen LogP contribution in [0, 0.1) is 6.07 Å². The summed E-state index contributed by atoms with van der Waals surface area (Å²) in [4.78, 5) is 4.33. The van der Waals surface area contributed by atoms with Gasteiger partial charge in [-0.3, -0.25) is 4.98 Å². The molecular weight excluding hydrogens is 612 g/mol. The number of aromatic nitrogens is 1.